The second-order valence-electron chi connectivity index (χ2n) is 7.05. The number of carbonyl (C=O) groups excluding carboxylic acids is 1. The quantitative estimate of drug-likeness (QED) is 0.620. The molecule has 1 aromatic rings. The van der Waals surface area contributed by atoms with Gasteiger partial charge < -0.3 is 5.11 Å². The van der Waals surface area contributed by atoms with Crippen LogP contribution < -0.4 is 4.90 Å². The molecule has 2 rings (SSSR count). The summed E-state index contributed by atoms with van der Waals surface area (Å²) in [7, 11) is 0. The highest BCUT2D eigenvalue weighted by atomic mass is 32.1. The van der Waals surface area contributed by atoms with Crippen molar-refractivity contribution in [2.24, 2.45) is 11.3 Å². The highest BCUT2D eigenvalue weighted by molar-refractivity contribution is 7.15. The first-order valence-corrected chi connectivity index (χ1v) is 10.3. The van der Waals surface area contributed by atoms with E-state index in [0.29, 0.717) is 24.5 Å². The van der Waals surface area contributed by atoms with Gasteiger partial charge in [0.1, 0.15) is 5.01 Å². The number of aryl methyl sites for hydroxylation is 1. The lowest BCUT2D eigenvalue weighted by Gasteiger charge is -2.34. The Bertz CT molecular complexity index is 638. The van der Waals surface area contributed by atoms with Gasteiger partial charge in [-0.1, -0.05) is 50.5 Å². The van der Waals surface area contributed by atoms with Crippen molar-refractivity contribution >= 4 is 28.3 Å². The Morgan fingerprint density at radius 3 is 2.54 bits per heavy atom. The molecule has 6 nitrogen and oxygen atoms in total. The zero-order valence-electron chi connectivity index (χ0n) is 15.7. The third-order valence-electron chi connectivity index (χ3n) is 5.18. The van der Waals surface area contributed by atoms with E-state index in [1.54, 1.807) is 11.0 Å². The Morgan fingerprint density at radius 2 is 2.04 bits per heavy atom. The van der Waals surface area contributed by atoms with Crippen molar-refractivity contribution in [3.05, 3.63) is 17.7 Å². The summed E-state index contributed by atoms with van der Waals surface area (Å²) in [5.41, 5.74) is -0.612. The molecule has 1 saturated carbocycles. The second kappa shape index (κ2) is 9.26. The third kappa shape index (κ3) is 4.50. The maximum Gasteiger partial charge on any atom is 0.306 e. The molecular formula is C19H29N3O3S. The Labute approximate surface area is 159 Å². The number of carboxylic acids is 1. The largest absolute Gasteiger partial charge is 0.481 e. The molecule has 0 bridgehead atoms. The van der Waals surface area contributed by atoms with Crippen LogP contribution in [0.15, 0.2) is 12.7 Å². The summed E-state index contributed by atoms with van der Waals surface area (Å²) >= 11 is 1.42. The number of anilines is 1. The van der Waals surface area contributed by atoms with Crippen molar-refractivity contribution in [3.63, 3.8) is 0 Å². The van der Waals surface area contributed by atoms with Gasteiger partial charge in [0.15, 0.2) is 0 Å². The summed E-state index contributed by atoms with van der Waals surface area (Å²) in [5, 5.41) is 19.4. The normalized spacial score (nSPS) is 17.0. The van der Waals surface area contributed by atoms with E-state index >= 15 is 0 Å². The molecule has 0 aromatic carbocycles. The van der Waals surface area contributed by atoms with Gasteiger partial charge in [0.25, 0.3) is 0 Å². The molecule has 1 heterocycles. The average molecular weight is 380 g/mol. The molecule has 7 heteroatoms. The number of rotatable bonds is 10. The standard InChI is InChI=1S/C19H29N3O3S/c1-4-9-14(16(23)24)13-19(10-7-8-11-19)17(25)22(12-5-2)18-21-20-15(6-3)26-18/h5,14H,2,4,6-13H2,1,3H3,(H,23,24)/t14-/m1/s1. The summed E-state index contributed by atoms with van der Waals surface area (Å²) < 4.78 is 0. The van der Waals surface area contributed by atoms with Gasteiger partial charge in [-0.25, -0.2) is 0 Å². The van der Waals surface area contributed by atoms with Gasteiger partial charge >= 0.3 is 5.97 Å². The first kappa shape index (κ1) is 20.6. The van der Waals surface area contributed by atoms with Gasteiger partial charge in [-0.3, -0.25) is 14.5 Å². The van der Waals surface area contributed by atoms with Crippen LogP contribution in [0.2, 0.25) is 0 Å². The lowest BCUT2D eigenvalue weighted by molar-refractivity contribution is -0.144. The van der Waals surface area contributed by atoms with Crippen molar-refractivity contribution in [2.75, 3.05) is 11.4 Å². The average Bonchev–Trinajstić information content (AvgIpc) is 3.28. The molecule has 1 amide bonds. The Hall–Kier alpha value is -1.76. The number of carboxylic acid groups (broad SMARTS) is 1. The predicted octanol–water partition coefficient (Wildman–Crippen LogP) is 4.07. The Morgan fingerprint density at radius 1 is 1.35 bits per heavy atom. The highest BCUT2D eigenvalue weighted by Crippen LogP contribution is 2.46. The fourth-order valence-corrected chi connectivity index (χ4v) is 4.64. The van der Waals surface area contributed by atoms with Crippen LogP contribution in [-0.2, 0) is 16.0 Å². The van der Waals surface area contributed by atoms with E-state index in [9.17, 15) is 14.7 Å². The van der Waals surface area contributed by atoms with Crippen molar-refractivity contribution in [1.82, 2.24) is 10.2 Å². The molecule has 0 radical (unpaired) electrons. The van der Waals surface area contributed by atoms with E-state index in [4.69, 9.17) is 0 Å². The van der Waals surface area contributed by atoms with Crippen molar-refractivity contribution in [2.45, 2.75) is 65.2 Å². The SMILES string of the molecule is C=CCN(C(=O)C1(C[C@@H](CCC)C(=O)O)CCCC1)c1nnc(CC)s1. The number of carbonyl (C=O) groups is 2. The maximum absolute atomic E-state index is 13.5. The van der Waals surface area contributed by atoms with Crippen LogP contribution >= 0.6 is 11.3 Å². The number of aliphatic carboxylic acids is 1. The number of amides is 1. The fourth-order valence-electron chi connectivity index (χ4n) is 3.85. The molecule has 1 N–H and O–H groups in total. The molecule has 1 aliphatic carbocycles. The molecule has 0 saturated heterocycles. The summed E-state index contributed by atoms with van der Waals surface area (Å²) in [5.74, 6) is -1.30. The van der Waals surface area contributed by atoms with Crippen LogP contribution in [0.3, 0.4) is 0 Å². The van der Waals surface area contributed by atoms with E-state index in [0.717, 1.165) is 43.5 Å². The number of hydrogen-bond donors (Lipinski definition) is 1. The zero-order valence-corrected chi connectivity index (χ0v) is 16.6. The molecular weight excluding hydrogens is 350 g/mol. The number of aromatic nitrogens is 2. The molecule has 0 aliphatic heterocycles. The van der Waals surface area contributed by atoms with Crippen LogP contribution in [-0.4, -0.2) is 33.7 Å². The maximum atomic E-state index is 13.5. The van der Waals surface area contributed by atoms with Crippen LogP contribution in [0.5, 0.6) is 0 Å². The van der Waals surface area contributed by atoms with Crippen LogP contribution in [0.1, 0.15) is 63.8 Å². The van der Waals surface area contributed by atoms with Gasteiger partial charge in [0.05, 0.1) is 11.3 Å². The summed E-state index contributed by atoms with van der Waals surface area (Å²) in [4.78, 5) is 26.9. The lowest BCUT2D eigenvalue weighted by atomic mass is 9.75. The van der Waals surface area contributed by atoms with Crippen LogP contribution in [0.25, 0.3) is 0 Å². The third-order valence-corrected chi connectivity index (χ3v) is 6.27. The fraction of sp³-hybridized carbons (Fsp3) is 0.684. The van der Waals surface area contributed by atoms with Gasteiger partial charge in [0, 0.05) is 6.54 Å². The van der Waals surface area contributed by atoms with Gasteiger partial charge in [0.2, 0.25) is 11.0 Å². The van der Waals surface area contributed by atoms with E-state index in [1.807, 2.05) is 13.8 Å². The zero-order chi connectivity index (χ0) is 19.2. The first-order chi connectivity index (χ1) is 12.5. The molecule has 144 valence electrons. The van der Waals surface area contributed by atoms with Gasteiger partial charge in [-0.15, -0.1) is 16.8 Å². The Balaban J connectivity index is 2.31. The predicted molar refractivity (Wildman–Crippen MR) is 103 cm³/mol. The van der Waals surface area contributed by atoms with Crippen molar-refractivity contribution < 1.29 is 14.7 Å². The molecule has 0 unspecified atom stereocenters. The van der Waals surface area contributed by atoms with Gasteiger partial charge in [-0.2, -0.15) is 0 Å². The minimum absolute atomic E-state index is 0.0175. The van der Waals surface area contributed by atoms with Crippen molar-refractivity contribution in [1.29, 1.82) is 0 Å². The van der Waals surface area contributed by atoms with Crippen LogP contribution in [0.4, 0.5) is 5.13 Å². The Kier molecular flexibility index (Phi) is 7.32. The summed E-state index contributed by atoms with van der Waals surface area (Å²) in [6.45, 7) is 8.12. The number of hydrogen-bond acceptors (Lipinski definition) is 5. The molecule has 26 heavy (non-hydrogen) atoms. The topological polar surface area (TPSA) is 83.4 Å². The molecule has 1 fully saturated rings. The molecule has 1 aromatic heterocycles. The molecule has 0 spiro atoms. The minimum Gasteiger partial charge on any atom is -0.481 e. The lowest BCUT2D eigenvalue weighted by Crippen LogP contribution is -2.44. The van der Waals surface area contributed by atoms with E-state index in [-0.39, 0.29) is 5.91 Å². The van der Waals surface area contributed by atoms with Crippen LogP contribution in [0, 0.1) is 11.3 Å². The summed E-state index contributed by atoms with van der Waals surface area (Å²) in [6.07, 6.45) is 7.68. The second-order valence-corrected chi connectivity index (χ2v) is 8.09. The van der Waals surface area contributed by atoms with E-state index in [2.05, 4.69) is 16.8 Å². The number of nitrogens with zero attached hydrogens (tertiary/aromatic N) is 3. The molecule has 1 atom stereocenters. The monoisotopic (exact) mass is 379 g/mol. The minimum atomic E-state index is -0.801. The van der Waals surface area contributed by atoms with E-state index < -0.39 is 17.3 Å². The van der Waals surface area contributed by atoms with Gasteiger partial charge in [-0.05, 0) is 32.1 Å². The molecule has 1 aliphatic rings. The van der Waals surface area contributed by atoms with E-state index in [1.165, 1.54) is 11.3 Å². The highest BCUT2D eigenvalue weighted by Gasteiger charge is 2.46. The smallest absolute Gasteiger partial charge is 0.306 e. The summed E-state index contributed by atoms with van der Waals surface area (Å²) in [6, 6.07) is 0. The first-order valence-electron chi connectivity index (χ1n) is 9.45. The van der Waals surface area contributed by atoms with Crippen molar-refractivity contribution in [3.8, 4) is 0 Å².